The van der Waals surface area contributed by atoms with Gasteiger partial charge in [0, 0.05) is 36.3 Å². The molecule has 0 spiro atoms. The van der Waals surface area contributed by atoms with Gasteiger partial charge in [-0.3, -0.25) is 19.9 Å². The van der Waals surface area contributed by atoms with Crippen molar-refractivity contribution in [2.75, 3.05) is 5.75 Å². The fourth-order valence-corrected chi connectivity index (χ4v) is 2.62. The summed E-state index contributed by atoms with van der Waals surface area (Å²) in [7, 11) is 0. The number of benzene rings is 1. The van der Waals surface area contributed by atoms with Crippen molar-refractivity contribution in [1.29, 1.82) is 0 Å². The summed E-state index contributed by atoms with van der Waals surface area (Å²) in [6, 6.07) is 10.2. The molecule has 1 aromatic carbocycles. The zero-order valence-electron chi connectivity index (χ0n) is 11.8. The third-order valence-corrected chi connectivity index (χ3v) is 3.89. The first-order chi connectivity index (χ1) is 10.7. The first-order valence-corrected chi connectivity index (χ1v) is 7.78. The van der Waals surface area contributed by atoms with Crippen LogP contribution in [-0.4, -0.2) is 21.6 Å². The van der Waals surface area contributed by atoms with Crippen LogP contribution in [0, 0.1) is 10.1 Å². The highest BCUT2D eigenvalue weighted by Crippen LogP contribution is 2.17. The van der Waals surface area contributed by atoms with Crippen molar-refractivity contribution >= 4 is 23.4 Å². The van der Waals surface area contributed by atoms with Gasteiger partial charge < -0.3 is 5.32 Å². The number of thioether (sulfide) groups is 1. The number of pyridine rings is 1. The number of amides is 1. The van der Waals surface area contributed by atoms with Gasteiger partial charge in [-0.1, -0.05) is 24.3 Å². The van der Waals surface area contributed by atoms with E-state index in [0.717, 1.165) is 5.56 Å². The number of hydrogen-bond donors (Lipinski definition) is 1. The van der Waals surface area contributed by atoms with Crippen LogP contribution in [0.25, 0.3) is 0 Å². The second-order valence-electron chi connectivity index (χ2n) is 4.52. The summed E-state index contributed by atoms with van der Waals surface area (Å²) in [5.74, 6) is 0.856. The Morgan fingerprint density at radius 1 is 1.27 bits per heavy atom. The molecule has 0 aliphatic rings. The van der Waals surface area contributed by atoms with Gasteiger partial charge in [0.05, 0.1) is 10.7 Å². The third kappa shape index (κ3) is 4.85. The largest absolute Gasteiger partial charge is 0.351 e. The van der Waals surface area contributed by atoms with Gasteiger partial charge in [0.15, 0.2) is 0 Å². The van der Waals surface area contributed by atoms with Crippen LogP contribution in [0.5, 0.6) is 0 Å². The summed E-state index contributed by atoms with van der Waals surface area (Å²) in [6.07, 6.45) is 3.46. The molecule has 114 valence electrons. The van der Waals surface area contributed by atoms with E-state index in [1.165, 1.54) is 17.8 Å². The lowest BCUT2D eigenvalue weighted by atomic mass is 10.2. The molecule has 0 saturated carbocycles. The van der Waals surface area contributed by atoms with Crippen LogP contribution >= 0.6 is 11.8 Å². The molecule has 1 N–H and O–H groups in total. The smallest absolute Gasteiger partial charge is 0.274 e. The minimum absolute atomic E-state index is 0.0193. The van der Waals surface area contributed by atoms with Crippen molar-refractivity contribution in [1.82, 2.24) is 10.3 Å². The summed E-state index contributed by atoms with van der Waals surface area (Å²) in [6.45, 7) is 0.156. The number of aromatic nitrogens is 1. The molecule has 0 atom stereocenters. The fraction of sp³-hybridized carbons (Fsp3) is 0.200. The standard InChI is InChI=1S/C15H15N3O3S/c19-15(11-22-10-12-4-3-7-16-8-12)17-9-13-5-1-2-6-14(13)18(20)21/h1-8H,9-11H2,(H,17,19). The summed E-state index contributed by atoms with van der Waals surface area (Å²) in [4.78, 5) is 26.2. The van der Waals surface area contributed by atoms with Gasteiger partial charge in [-0.05, 0) is 11.6 Å². The maximum Gasteiger partial charge on any atom is 0.274 e. The van der Waals surface area contributed by atoms with Crippen LogP contribution in [-0.2, 0) is 17.1 Å². The van der Waals surface area contributed by atoms with Crippen molar-refractivity contribution in [2.45, 2.75) is 12.3 Å². The summed E-state index contributed by atoms with van der Waals surface area (Å²) < 4.78 is 0. The Morgan fingerprint density at radius 2 is 2.09 bits per heavy atom. The molecule has 0 unspecified atom stereocenters. The molecule has 0 bridgehead atoms. The monoisotopic (exact) mass is 317 g/mol. The van der Waals surface area contributed by atoms with E-state index in [4.69, 9.17) is 0 Å². The normalized spacial score (nSPS) is 10.2. The Kier molecular flexibility index (Phi) is 5.91. The van der Waals surface area contributed by atoms with E-state index >= 15 is 0 Å². The molecule has 0 fully saturated rings. The maximum absolute atomic E-state index is 11.8. The predicted molar refractivity (Wildman–Crippen MR) is 85.3 cm³/mol. The third-order valence-electron chi connectivity index (χ3n) is 2.89. The first kappa shape index (κ1) is 16.0. The van der Waals surface area contributed by atoms with Crippen LogP contribution < -0.4 is 5.32 Å². The second-order valence-corrected chi connectivity index (χ2v) is 5.50. The van der Waals surface area contributed by atoms with Gasteiger partial charge >= 0.3 is 0 Å². The second kappa shape index (κ2) is 8.14. The van der Waals surface area contributed by atoms with E-state index in [2.05, 4.69) is 10.3 Å². The minimum atomic E-state index is -0.446. The fourth-order valence-electron chi connectivity index (χ4n) is 1.83. The molecular weight excluding hydrogens is 302 g/mol. The molecule has 1 heterocycles. The highest BCUT2D eigenvalue weighted by Gasteiger charge is 2.12. The lowest BCUT2D eigenvalue weighted by Gasteiger charge is -2.06. The number of carbonyl (C=O) groups excluding carboxylic acids is 1. The minimum Gasteiger partial charge on any atom is -0.351 e. The van der Waals surface area contributed by atoms with E-state index in [-0.39, 0.29) is 18.1 Å². The Balaban J connectivity index is 1.77. The molecule has 1 aromatic heterocycles. The number of nitrogens with one attached hydrogen (secondary N) is 1. The highest BCUT2D eigenvalue weighted by molar-refractivity contribution is 7.99. The molecule has 0 aliphatic heterocycles. The molecule has 22 heavy (non-hydrogen) atoms. The van der Waals surface area contributed by atoms with Gasteiger partial charge in [0.1, 0.15) is 0 Å². The van der Waals surface area contributed by atoms with Gasteiger partial charge in [-0.25, -0.2) is 0 Å². The topological polar surface area (TPSA) is 85.1 Å². The summed E-state index contributed by atoms with van der Waals surface area (Å²) in [5, 5.41) is 13.6. The summed E-state index contributed by atoms with van der Waals surface area (Å²) in [5.41, 5.74) is 1.57. The van der Waals surface area contributed by atoms with Crippen LogP contribution in [0.4, 0.5) is 5.69 Å². The molecule has 6 nitrogen and oxygen atoms in total. The van der Waals surface area contributed by atoms with Gasteiger partial charge in [0.25, 0.3) is 5.69 Å². The number of para-hydroxylation sites is 1. The molecule has 7 heteroatoms. The van der Waals surface area contributed by atoms with Crippen molar-refractivity contribution in [3.8, 4) is 0 Å². The Morgan fingerprint density at radius 3 is 2.82 bits per heavy atom. The quantitative estimate of drug-likeness (QED) is 0.626. The van der Waals surface area contributed by atoms with Crippen molar-refractivity contribution in [2.24, 2.45) is 0 Å². The number of nitro groups is 1. The van der Waals surface area contributed by atoms with Crippen LogP contribution in [0.1, 0.15) is 11.1 Å². The van der Waals surface area contributed by atoms with E-state index in [0.29, 0.717) is 17.1 Å². The first-order valence-electron chi connectivity index (χ1n) is 6.62. The lowest BCUT2D eigenvalue weighted by Crippen LogP contribution is -2.25. The highest BCUT2D eigenvalue weighted by atomic mass is 32.2. The number of nitro benzene ring substituents is 1. The number of carbonyl (C=O) groups is 1. The van der Waals surface area contributed by atoms with E-state index < -0.39 is 4.92 Å². The van der Waals surface area contributed by atoms with Crippen LogP contribution in [0.3, 0.4) is 0 Å². The zero-order chi connectivity index (χ0) is 15.8. The summed E-state index contributed by atoms with van der Waals surface area (Å²) >= 11 is 1.47. The Bertz CT molecular complexity index is 649. The molecule has 2 aromatic rings. The van der Waals surface area contributed by atoms with Crippen LogP contribution in [0.15, 0.2) is 48.8 Å². The van der Waals surface area contributed by atoms with Crippen molar-refractivity contribution in [3.05, 3.63) is 70.0 Å². The molecule has 0 radical (unpaired) electrons. The van der Waals surface area contributed by atoms with Crippen molar-refractivity contribution in [3.63, 3.8) is 0 Å². The predicted octanol–water partition coefficient (Wildman–Crippen LogP) is 2.54. The average molecular weight is 317 g/mol. The van der Waals surface area contributed by atoms with E-state index in [1.807, 2.05) is 12.1 Å². The van der Waals surface area contributed by atoms with E-state index in [9.17, 15) is 14.9 Å². The molecule has 1 amide bonds. The lowest BCUT2D eigenvalue weighted by molar-refractivity contribution is -0.385. The molecule has 2 rings (SSSR count). The Hall–Kier alpha value is -2.41. The molecule has 0 saturated heterocycles. The average Bonchev–Trinajstić information content (AvgIpc) is 2.54. The number of rotatable bonds is 7. The van der Waals surface area contributed by atoms with Gasteiger partial charge in [0.2, 0.25) is 5.91 Å². The van der Waals surface area contributed by atoms with Crippen molar-refractivity contribution < 1.29 is 9.72 Å². The van der Waals surface area contributed by atoms with E-state index in [1.54, 1.807) is 30.6 Å². The number of nitrogens with zero attached hydrogens (tertiary/aromatic N) is 2. The number of hydrogen-bond acceptors (Lipinski definition) is 5. The maximum atomic E-state index is 11.8. The molecular formula is C15H15N3O3S. The Labute approximate surface area is 132 Å². The van der Waals surface area contributed by atoms with Gasteiger partial charge in [-0.2, -0.15) is 0 Å². The zero-order valence-corrected chi connectivity index (χ0v) is 12.6. The molecule has 0 aliphatic carbocycles. The van der Waals surface area contributed by atoms with Crippen LogP contribution in [0.2, 0.25) is 0 Å². The SMILES string of the molecule is O=C(CSCc1cccnc1)NCc1ccccc1[N+](=O)[O-]. The van der Waals surface area contributed by atoms with Gasteiger partial charge in [-0.15, -0.1) is 11.8 Å².